The van der Waals surface area contributed by atoms with Crippen LogP contribution in [0, 0.1) is 0 Å². The highest BCUT2D eigenvalue weighted by atomic mass is 16.1. The van der Waals surface area contributed by atoms with Gasteiger partial charge in [-0.1, -0.05) is 0 Å². The van der Waals surface area contributed by atoms with Gasteiger partial charge in [-0.25, -0.2) is 0 Å². The molecule has 2 rings (SSSR count). The Morgan fingerprint density at radius 2 is 2.43 bits per heavy atom. The number of aromatic amines is 1. The van der Waals surface area contributed by atoms with Crippen LogP contribution in [0.4, 0.5) is 0 Å². The third kappa shape index (κ3) is 1.80. The van der Waals surface area contributed by atoms with E-state index in [9.17, 15) is 4.79 Å². The third-order valence-corrected chi connectivity index (χ3v) is 2.79. The predicted octanol–water partition coefficient (Wildman–Crippen LogP) is 0.626. The first-order valence-corrected chi connectivity index (χ1v) is 4.90. The normalized spacial score (nSPS) is 18.6. The Bertz CT molecular complexity index is 314. The van der Waals surface area contributed by atoms with Crippen molar-refractivity contribution in [2.45, 2.75) is 24.8 Å². The number of rotatable bonds is 3. The molecule has 1 amide bonds. The average Bonchev–Trinajstić information content (AvgIpc) is 2.63. The van der Waals surface area contributed by atoms with E-state index < -0.39 is 0 Å². The smallest absolute Gasteiger partial charge is 0.267 e. The molecule has 1 aromatic heterocycles. The molecular formula is C10H15N3O. The summed E-state index contributed by atoms with van der Waals surface area (Å²) < 4.78 is 0. The molecule has 0 atom stereocenters. The molecule has 1 heterocycles. The van der Waals surface area contributed by atoms with Gasteiger partial charge in [-0.05, 0) is 31.4 Å². The second-order valence-electron chi connectivity index (χ2n) is 3.98. The number of carbonyl (C=O) groups is 1. The number of amides is 1. The van der Waals surface area contributed by atoms with Gasteiger partial charge in [0.15, 0.2) is 0 Å². The summed E-state index contributed by atoms with van der Waals surface area (Å²) >= 11 is 0. The number of aromatic nitrogens is 1. The monoisotopic (exact) mass is 193 g/mol. The zero-order valence-corrected chi connectivity index (χ0v) is 8.05. The molecule has 4 nitrogen and oxygen atoms in total. The minimum Gasteiger partial charge on any atom is -0.357 e. The molecule has 4 heteroatoms. The van der Waals surface area contributed by atoms with Crippen LogP contribution in [-0.2, 0) is 0 Å². The summed E-state index contributed by atoms with van der Waals surface area (Å²) in [5.74, 6) is -0.0771. The van der Waals surface area contributed by atoms with Gasteiger partial charge in [-0.3, -0.25) is 4.79 Å². The topological polar surface area (TPSA) is 70.9 Å². The predicted molar refractivity (Wildman–Crippen MR) is 53.9 cm³/mol. The van der Waals surface area contributed by atoms with Crippen LogP contribution >= 0.6 is 0 Å². The molecule has 1 saturated carbocycles. The fraction of sp³-hybridized carbons (Fsp3) is 0.500. The Morgan fingerprint density at radius 1 is 1.64 bits per heavy atom. The quantitative estimate of drug-likeness (QED) is 0.658. The molecule has 76 valence electrons. The van der Waals surface area contributed by atoms with E-state index in [1.807, 2.05) is 0 Å². The summed E-state index contributed by atoms with van der Waals surface area (Å²) in [4.78, 5) is 14.4. The van der Waals surface area contributed by atoms with Crippen LogP contribution in [-0.4, -0.2) is 23.0 Å². The van der Waals surface area contributed by atoms with Gasteiger partial charge in [-0.2, -0.15) is 0 Å². The first kappa shape index (κ1) is 9.27. The maximum absolute atomic E-state index is 11.5. The molecule has 1 aromatic rings. The molecule has 14 heavy (non-hydrogen) atoms. The molecule has 0 bridgehead atoms. The largest absolute Gasteiger partial charge is 0.357 e. The van der Waals surface area contributed by atoms with Gasteiger partial charge in [0, 0.05) is 18.3 Å². The van der Waals surface area contributed by atoms with E-state index in [2.05, 4.69) is 10.3 Å². The molecule has 0 aromatic carbocycles. The van der Waals surface area contributed by atoms with E-state index >= 15 is 0 Å². The fourth-order valence-corrected chi connectivity index (χ4v) is 1.63. The standard InChI is InChI=1S/C10H15N3O/c11-10(4-2-5-10)7-13-9(14)8-3-1-6-12-8/h1,3,6,12H,2,4-5,7,11H2,(H,13,14). The lowest BCUT2D eigenvalue weighted by molar-refractivity contribution is 0.0925. The van der Waals surface area contributed by atoms with Crippen LogP contribution in [0.5, 0.6) is 0 Å². The molecular weight excluding hydrogens is 178 g/mol. The van der Waals surface area contributed by atoms with Gasteiger partial charge in [-0.15, -0.1) is 0 Å². The van der Waals surface area contributed by atoms with Crippen LogP contribution in [0.2, 0.25) is 0 Å². The van der Waals surface area contributed by atoms with Crippen molar-refractivity contribution in [1.82, 2.24) is 10.3 Å². The van der Waals surface area contributed by atoms with Crippen molar-refractivity contribution in [2.24, 2.45) is 5.73 Å². The maximum Gasteiger partial charge on any atom is 0.267 e. The minimum atomic E-state index is -0.151. The van der Waals surface area contributed by atoms with Crippen molar-refractivity contribution in [1.29, 1.82) is 0 Å². The highest BCUT2D eigenvalue weighted by Gasteiger charge is 2.32. The summed E-state index contributed by atoms with van der Waals surface area (Å²) in [6.45, 7) is 0.574. The maximum atomic E-state index is 11.5. The number of hydrogen-bond acceptors (Lipinski definition) is 2. The molecule has 0 saturated heterocycles. The average molecular weight is 193 g/mol. The molecule has 0 aliphatic heterocycles. The van der Waals surface area contributed by atoms with Crippen molar-refractivity contribution < 1.29 is 4.79 Å². The van der Waals surface area contributed by atoms with Crippen molar-refractivity contribution in [3.8, 4) is 0 Å². The Balaban J connectivity index is 1.84. The lowest BCUT2D eigenvalue weighted by atomic mass is 9.78. The van der Waals surface area contributed by atoms with Crippen molar-refractivity contribution in [3.05, 3.63) is 24.0 Å². The molecule has 0 radical (unpaired) electrons. The van der Waals surface area contributed by atoms with Crippen LogP contribution in [0.1, 0.15) is 29.8 Å². The molecule has 4 N–H and O–H groups in total. The SMILES string of the molecule is NC1(CNC(=O)c2ccc[nH]2)CCC1. The summed E-state index contributed by atoms with van der Waals surface area (Å²) in [7, 11) is 0. The van der Waals surface area contributed by atoms with Crippen molar-refractivity contribution in [3.63, 3.8) is 0 Å². The third-order valence-electron chi connectivity index (χ3n) is 2.79. The lowest BCUT2D eigenvalue weighted by Crippen LogP contribution is -2.54. The first-order chi connectivity index (χ1) is 6.70. The molecule has 1 aliphatic rings. The van der Waals surface area contributed by atoms with Crippen molar-refractivity contribution in [2.75, 3.05) is 6.54 Å². The van der Waals surface area contributed by atoms with Crippen molar-refractivity contribution >= 4 is 5.91 Å². The van der Waals surface area contributed by atoms with E-state index in [-0.39, 0.29) is 11.4 Å². The van der Waals surface area contributed by atoms with E-state index in [1.165, 1.54) is 6.42 Å². The zero-order chi connectivity index (χ0) is 10.0. The highest BCUT2D eigenvalue weighted by Crippen LogP contribution is 2.28. The second-order valence-corrected chi connectivity index (χ2v) is 3.98. The zero-order valence-electron chi connectivity index (χ0n) is 8.05. The number of hydrogen-bond donors (Lipinski definition) is 3. The fourth-order valence-electron chi connectivity index (χ4n) is 1.63. The van der Waals surface area contributed by atoms with Gasteiger partial charge in [0.05, 0.1) is 0 Å². The summed E-state index contributed by atoms with van der Waals surface area (Å²) in [6.07, 6.45) is 4.93. The number of carbonyl (C=O) groups excluding carboxylic acids is 1. The molecule has 1 aliphatic carbocycles. The lowest BCUT2D eigenvalue weighted by Gasteiger charge is -2.38. The number of nitrogens with one attached hydrogen (secondary N) is 2. The Labute approximate surface area is 82.9 Å². The van der Waals surface area contributed by atoms with E-state index in [4.69, 9.17) is 5.73 Å². The summed E-state index contributed by atoms with van der Waals surface area (Å²) in [5.41, 5.74) is 6.42. The van der Waals surface area contributed by atoms with Gasteiger partial charge in [0.25, 0.3) is 5.91 Å². The highest BCUT2D eigenvalue weighted by molar-refractivity contribution is 5.92. The van der Waals surface area contributed by atoms with Crippen LogP contribution < -0.4 is 11.1 Å². The Kier molecular flexibility index (Phi) is 2.29. The van der Waals surface area contributed by atoms with Gasteiger partial charge in [0.1, 0.15) is 5.69 Å². The van der Waals surface area contributed by atoms with E-state index in [0.29, 0.717) is 12.2 Å². The number of nitrogens with two attached hydrogens (primary N) is 1. The van der Waals surface area contributed by atoms with Crippen LogP contribution in [0.25, 0.3) is 0 Å². The molecule has 0 unspecified atom stereocenters. The van der Waals surface area contributed by atoms with E-state index in [0.717, 1.165) is 12.8 Å². The minimum absolute atomic E-state index is 0.0771. The Morgan fingerprint density at radius 3 is 2.93 bits per heavy atom. The Hall–Kier alpha value is -1.29. The van der Waals surface area contributed by atoms with Gasteiger partial charge in [0.2, 0.25) is 0 Å². The van der Waals surface area contributed by atoms with Gasteiger partial charge < -0.3 is 16.0 Å². The molecule has 0 spiro atoms. The summed E-state index contributed by atoms with van der Waals surface area (Å²) in [6, 6.07) is 3.55. The number of H-pyrrole nitrogens is 1. The second kappa shape index (κ2) is 3.46. The van der Waals surface area contributed by atoms with E-state index in [1.54, 1.807) is 18.3 Å². The molecule has 1 fully saturated rings. The van der Waals surface area contributed by atoms with Crippen LogP contribution in [0.15, 0.2) is 18.3 Å². The first-order valence-electron chi connectivity index (χ1n) is 4.90. The summed E-state index contributed by atoms with van der Waals surface area (Å²) in [5, 5.41) is 2.83. The van der Waals surface area contributed by atoms with Gasteiger partial charge >= 0.3 is 0 Å². The van der Waals surface area contributed by atoms with Crippen LogP contribution in [0.3, 0.4) is 0 Å².